The van der Waals surface area contributed by atoms with Crippen LogP contribution < -0.4 is 10.1 Å². The molecule has 0 radical (unpaired) electrons. The van der Waals surface area contributed by atoms with Gasteiger partial charge in [-0.1, -0.05) is 18.2 Å². The summed E-state index contributed by atoms with van der Waals surface area (Å²) in [5.41, 5.74) is 0.313. The van der Waals surface area contributed by atoms with Crippen molar-refractivity contribution in [2.24, 2.45) is 0 Å². The Kier molecular flexibility index (Phi) is 6.18. The minimum absolute atomic E-state index is 0.0328. The fourth-order valence-corrected chi connectivity index (χ4v) is 1.97. The summed E-state index contributed by atoms with van der Waals surface area (Å²) in [6.07, 6.45) is -0.682. The number of nitrogens with one attached hydrogen (secondary N) is 1. The largest absolute Gasteiger partial charge is 0.491 e. The van der Waals surface area contributed by atoms with Gasteiger partial charge in [0.25, 0.3) is 0 Å². The molecule has 0 saturated carbocycles. The normalized spacial score (nSPS) is 12.9. The third-order valence-electron chi connectivity index (χ3n) is 3.25. The lowest BCUT2D eigenvalue weighted by Crippen LogP contribution is -2.54. The van der Waals surface area contributed by atoms with Crippen molar-refractivity contribution in [1.29, 1.82) is 0 Å². The highest BCUT2D eigenvalue weighted by molar-refractivity contribution is 5.85. The van der Waals surface area contributed by atoms with E-state index < -0.39 is 11.6 Å². The summed E-state index contributed by atoms with van der Waals surface area (Å²) < 4.78 is 5.59. The molecule has 0 bridgehead atoms. The number of carbonyl (C=O) groups excluding carboxylic acids is 1. The van der Waals surface area contributed by atoms with Gasteiger partial charge in [0.1, 0.15) is 18.5 Å². The number of benzene rings is 1. The summed E-state index contributed by atoms with van der Waals surface area (Å²) in [6, 6.07) is 7.66. The lowest BCUT2D eigenvalue weighted by atomic mass is 10.0. The van der Waals surface area contributed by atoms with E-state index in [1.54, 1.807) is 27.9 Å². The molecule has 1 unspecified atom stereocenters. The second-order valence-corrected chi connectivity index (χ2v) is 5.94. The topological polar surface area (TPSA) is 61.8 Å². The molecule has 0 aliphatic carbocycles. The zero-order valence-corrected chi connectivity index (χ0v) is 13.5. The SMILES string of the molecule is Cc1ccccc1OCC(O)CNC(C)(C)C(=O)N(C)C. The zero-order chi connectivity index (χ0) is 16.0. The lowest BCUT2D eigenvalue weighted by molar-refractivity contribution is -0.134. The summed E-state index contributed by atoms with van der Waals surface area (Å²) in [6.45, 7) is 6.02. The van der Waals surface area contributed by atoms with Crippen LogP contribution >= 0.6 is 0 Å². The molecular formula is C16H26N2O3. The molecule has 1 amide bonds. The Morgan fingerprint density at radius 1 is 1.38 bits per heavy atom. The fraction of sp³-hybridized carbons (Fsp3) is 0.562. The van der Waals surface area contributed by atoms with Gasteiger partial charge in [-0.3, -0.25) is 4.79 Å². The number of aliphatic hydroxyl groups is 1. The Morgan fingerprint density at radius 3 is 2.57 bits per heavy atom. The van der Waals surface area contributed by atoms with Crippen molar-refractivity contribution in [3.8, 4) is 5.75 Å². The monoisotopic (exact) mass is 294 g/mol. The number of hydrogen-bond acceptors (Lipinski definition) is 4. The van der Waals surface area contributed by atoms with E-state index in [0.717, 1.165) is 11.3 Å². The Bertz CT molecular complexity index is 472. The van der Waals surface area contributed by atoms with Crippen LogP contribution in [0.4, 0.5) is 0 Å². The maximum atomic E-state index is 12.0. The molecule has 5 nitrogen and oxygen atoms in total. The standard InChI is InChI=1S/C16H26N2O3/c1-12-8-6-7-9-14(12)21-11-13(19)10-17-16(2,3)15(20)18(4)5/h6-9,13,17,19H,10-11H2,1-5H3. The van der Waals surface area contributed by atoms with Gasteiger partial charge in [0, 0.05) is 20.6 Å². The Balaban J connectivity index is 2.43. The van der Waals surface area contributed by atoms with Crippen LogP contribution in [0.25, 0.3) is 0 Å². The van der Waals surface area contributed by atoms with E-state index in [4.69, 9.17) is 4.74 Å². The molecule has 0 saturated heterocycles. The number of hydrogen-bond donors (Lipinski definition) is 2. The summed E-state index contributed by atoms with van der Waals surface area (Å²) in [7, 11) is 3.42. The molecule has 0 heterocycles. The minimum atomic E-state index is -0.715. The number of likely N-dealkylation sites (N-methyl/N-ethyl adjacent to an activating group) is 1. The van der Waals surface area contributed by atoms with Crippen molar-refractivity contribution in [2.75, 3.05) is 27.2 Å². The van der Waals surface area contributed by atoms with Crippen LogP contribution in [0.15, 0.2) is 24.3 Å². The average molecular weight is 294 g/mol. The van der Waals surface area contributed by atoms with Crippen LogP contribution in [0.1, 0.15) is 19.4 Å². The first kappa shape index (κ1) is 17.5. The molecule has 1 aromatic rings. The molecule has 0 fully saturated rings. The van der Waals surface area contributed by atoms with Gasteiger partial charge in [-0.15, -0.1) is 0 Å². The zero-order valence-electron chi connectivity index (χ0n) is 13.5. The Hall–Kier alpha value is -1.59. The second-order valence-electron chi connectivity index (χ2n) is 5.94. The first-order valence-corrected chi connectivity index (χ1v) is 7.07. The second kappa shape index (κ2) is 7.43. The van der Waals surface area contributed by atoms with Gasteiger partial charge in [0.05, 0.1) is 5.54 Å². The summed E-state index contributed by atoms with van der Waals surface area (Å²) in [5, 5.41) is 13.0. The third kappa shape index (κ3) is 5.36. The highest BCUT2D eigenvalue weighted by Crippen LogP contribution is 2.16. The van der Waals surface area contributed by atoms with Crippen molar-refractivity contribution < 1.29 is 14.6 Å². The van der Waals surface area contributed by atoms with E-state index in [-0.39, 0.29) is 12.5 Å². The fourth-order valence-electron chi connectivity index (χ4n) is 1.97. The molecule has 1 rings (SSSR count). The first-order chi connectivity index (χ1) is 9.74. The van der Waals surface area contributed by atoms with Crippen molar-refractivity contribution in [3.05, 3.63) is 29.8 Å². The third-order valence-corrected chi connectivity index (χ3v) is 3.25. The van der Waals surface area contributed by atoms with Gasteiger partial charge in [0.2, 0.25) is 5.91 Å². The smallest absolute Gasteiger partial charge is 0.241 e. The summed E-state index contributed by atoms with van der Waals surface area (Å²) in [5.74, 6) is 0.731. The lowest BCUT2D eigenvalue weighted by Gasteiger charge is -2.29. The molecule has 5 heteroatoms. The van der Waals surface area contributed by atoms with E-state index in [1.807, 2.05) is 31.2 Å². The molecule has 0 spiro atoms. The highest BCUT2D eigenvalue weighted by Gasteiger charge is 2.29. The average Bonchev–Trinajstić information content (AvgIpc) is 2.43. The van der Waals surface area contributed by atoms with Crippen molar-refractivity contribution >= 4 is 5.91 Å². The van der Waals surface area contributed by atoms with E-state index in [9.17, 15) is 9.90 Å². The van der Waals surface area contributed by atoms with Crippen molar-refractivity contribution in [1.82, 2.24) is 10.2 Å². The van der Waals surface area contributed by atoms with E-state index >= 15 is 0 Å². The van der Waals surface area contributed by atoms with Gasteiger partial charge < -0.3 is 20.1 Å². The van der Waals surface area contributed by atoms with Crippen LogP contribution in [-0.4, -0.2) is 54.8 Å². The Labute approximate surface area is 126 Å². The van der Waals surface area contributed by atoms with Crippen LogP contribution in [0.5, 0.6) is 5.75 Å². The number of rotatable bonds is 7. The first-order valence-electron chi connectivity index (χ1n) is 7.07. The van der Waals surface area contributed by atoms with Crippen LogP contribution in [-0.2, 0) is 4.79 Å². The van der Waals surface area contributed by atoms with E-state index in [0.29, 0.717) is 6.54 Å². The summed E-state index contributed by atoms with van der Waals surface area (Å²) >= 11 is 0. The number of para-hydroxylation sites is 1. The van der Waals surface area contributed by atoms with Gasteiger partial charge in [-0.05, 0) is 32.4 Å². The van der Waals surface area contributed by atoms with Gasteiger partial charge >= 0.3 is 0 Å². The van der Waals surface area contributed by atoms with Crippen LogP contribution in [0, 0.1) is 6.92 Å². The quantitative estimate of drug-likeness (QED) is 0.793. The molecule has 1 aromatic carbocycles. The van der Waals surface area contributed by atoms with E-state index in [1.165, 1.54) is 4.90 Å². The molecule has 2 N–H and O–H groups in total. The molecule has 118 valence electrons. The van der Waals surface area contributed by atoms with Crippen LogP contribution in [0.3, 0.4) is 0 Å². The maximum absolute atomic E-state index is 12.0. The number of aryl methyl sites for hydroxylation is 1. The maximum Gasteiger partial charge on any atom is 0.241 e. The van der Waals surface area contributed by atoms with E-state index in [2.05, 4.69) is 5.32 Å². The van der Waals surface area contributed by atoms with Gasteiger partial charge in [-0.25, -0.2) is 0 Å². The van der Waals surface area contributed by atoms with Crippen molar-refractivity contribution in [3.63, 3.8) is 0 Å². The predicted molar refractivity (Wildman–Crippen MR) is 83.5 cm³/mol. The number of carbonyl (C=O) groups is 1. The molecule has 1 atom stereocenters. The van der Waals surface area contributed by atoms with Crippen LogP contribution in [0.2, 0.25) is 0 Å². The molecule has 21 heavy (non-hydrogen) atoms. The number of aliphatic hydroxyl groups excluding tert-OH is 1. The van der Waals surface area contributed by atoms with Gasteiger partial charge in [0.15, 0.2) is 0 Å². The number of nitrogens with zero attached hydrogens (tertiary/aromatic N) is 1. The number of amides is 1. The summed E-state index contributed by atoms with van der Waals surface area (Å²) in [4.78, 5) is 13.5. The molecule has 0 aliphatic heterocycles. The predicted octanol–water partition coefficient (Wildman–Crippen LogP) is 1.19. The highest BCUT2D eigenvalue weighted by atomic mass is 16.5. The molecule has 0 aliphatic rings. The minimum Gasteiger partial charge on any atom is -0.491 e. The number of β-amino-alcohol motifs (C(OH)–C–C–N with tert-alkyl or cyclic N) is 1. The van der Waals surface area contributed by atoms with Crippen molar-refractivity contribution in [2.45, 2.75) is 32.4 Å². The molecular weight excluding hydrogens is 268 g/mol. The van der Waals surface area contributed by atoms with Gasteiger partial charge in [-0.2, -0.15) is 0 Å². The molecule has 0 aromatic heterocycles. The number of ether oxygens (including phenoxy) is 1. The Morgan fingerprint density at radius 2 is 2.00 bits per heavy atom.